The minimum atomic E-state index is -0.833. The minimum absolute atomic E-state index is 0.111. The van der Waals surface area contributed by atoms with Crippen molar-refractivity contribution in [3.63, 3.8) is 0 Å². The highest BCUT2D eigenvalue weighted by Crippen LogP contribution is 2.39. The van der Waals surface area contributed by atoms with Gasteiger partial charge < -0.3 is 23.9 Å². The number of aromatic amines is 1. The van der Waals surface area contributed by atoms with Crippen molar-refractivity contribution in [1.29, 1.82) is 0 Å². The van der Waals surface area contributed by atoms with E-state index in [-0.39, 0.29) is 18.6 Å². The van der Waals surface area contributed by atoms with Crippen molar-refractivity contribution in [3.8, 4) is 17.5 Å². The van der Waals surface area contributed by atoms with Crippen LogP contribution in [0.15, 0.2) is 42.7 Å². The first kappa shape index (κ1) is 20.9. The molecule has 31 heavy (non-hydrogen) atoms. The lowest BCUT2D eigenvalue weighted by Crippen LogP contribution is -2.17. The third-order valence-corrected chi connectivity index (χ3v) is 4.62. The van der Waals surface area contributed by atoms with Gasteiger partial charge in [0.05, 0.1) is 45.9 Å². The predicted molar refractivity (Wildman–Crippen MR) is 116 cm³/mol. The van der Waals surface area contributed by atoms with Crippen LogP contribution in [0.5, 0.6) is 17.5 Å². The molecule has 4 aromatic rings. The van der Waals surface area contributed by atoms with Gasteiger partial charge in [-0.2, -0.15) is 0 Å². The van der Waals surface area contributed by atoms with E-state index in [1.54, 1.807) is 39.3 Å². The Morgan fingerprint density at radius 1 is 1.10 bits per heavy atom. The van der Waals surface area contributed by atoms with Crippen LogP contribution in [0.2, 0.25) is 5.02 Å². The Morgan fingerprint density at radius 3 is 2.65 bits per heavy atom. The molecule has 0 radical (unpaired) electrons. The second-order valence-electron chi connectivity index (χ2n) is 7.00. The number of hydrogen-bond donors (Lipinski definition) is 1. The summed E-state index contributed by atoms with van der Waals surface area (Å²) in [6, 6.07) is 9.00. The van der Waals surface area contributed by atoms with Gasteiger partial charge in [-0.25, -0.2) is 14.8 Å². The Morgan fingerprint density at radius 2 is 1.94 bits per heavy atom. The number of carbonyl (C=O) groups excluding carboxylic acids is 1. The number of carbonyl (C=O) groups is 1. The Labute approximate surface area is 183 Å². The van der Waals surface area contributed by atoms with Gasteiger partial charge in [-0.3, -0.25) is 0 Å². The largest absolute Gasteiger partial charge is 0.515 e. The Kier molecular flexibility index (Phi) is 5.92. The molecule has 0 atom stereocenters. The zero-order valence-corrected chi connectivity index (χ0v) is 17.9. The maximum absolute atomic E-state index is 12.1. The first-order valence-corrected chi connectivity index (χ1v) is 9.93. The van der Waals surface area contributed by atoms with E-state index >= 15 is 0 Å². The molecule has 1 aromatic carbocycles. The van der Waals surface area contributed by atoms with E-state index < -0.39 is 6.16 Å². The average Bonchev–Trinajstić information content (AvgIpc) is 3.11. The van der Waals surface area contributed by atoms with E-state index in [0.717, 1.165) is 21.8 Å². The molecule has 4 rings (SSSR count). The van der Waals surface area contributed by atoms with Gasteiger partial charge in [0.2, 0.25) is 11.8 Å². The van der Waals surface area contributed by atoms with Crippen molar-refractivity contribution < 1.29 is 23.7 Å². The lowest BCUT2D eigenvalue weighted by molar-refractivity contribution is 0.0705. The summed E-state index contributed by atoms with van der Waals surface area (Å²) < 4.78 is 21.9. The molecule has 0 unspecified atom stereocenters. The van der Waals surface area contributed by atoms with E-state index in [1.165, 1.54) is 6.20 Å². The molecule has 0 bridgehead atoms. The number of rotatable bonds is 6. The summed E-state index contributed by atoms with van der Waals surface area (Å²) in [5.74, 6) is 1.07. The van der Waals surface area contributed by atoms with Gasteiger partial charge in [-0.05, 0) is 32.0 Å². The minimum Gasteiger partial charge on any atom is -0.438 e. The molecular weight excluding hydrogens is 422 g/mol. The molecule has 0 saturated carbocycles. The second kappa shape index (κ2) is 8.79. The molecular formula is C22H20ClN3O5. The van der Waals surface area contributed by atoms with Crippen LogP contribution >= 0.6 is 11.6 Å². The highest BCUT2D eigenvalue weighted by molar-refractivity contribution is 6.30. The van der Waals surface area contributed by atoms with Gasteiger partial charge >= 0.3 is 6.16 Å². The number of hydrogen-bond acceptors (Lipinski definition) is 7. The summed E-state index contributed by atoms with van der Waals surface area (Å²) in [5.41, 5.74) is 2.15. The number of benzene rings is 1. The highest BCUT2D eigenvalue weighted by atomic mass is 35.5. The van der Waals surface area contributed by atoms with Gasteiger partial charge in [0.25, 0.3) is 0 Å². The van der Waals surface area contributed by atoms with Gasteiger partial charge in [-0.1, -0.05) is 17.7 Å². The summed E-state index contributed by atoms with van der Waals surface area (Å²) in [6.07, 6.45) is 1.96. The quantitative estimate of drug-likeness (QED) is 0.387. The van der Waals surface area contributed by atoms with Crippen LogP contribution in [0, 0.1) is 0 Å². The second-order valence-corrected chi connectivity index (χ2v) is 7.44. The Bertz CT molecular complexity index is 1240. The molecule has 8 nitrogen and oxygen atoms in total. The number of pyridine rings is 2. The Hall–Kier alpha value is -3.36. The third kappa shape index (κ3) is 4.40. The van der Waals surface area contributed by atoms with Gasteiger partial charge in [0.15, 0.2) is 0 Å². The highest BCUT2D eigenvalue weighted by Gasteiger charge is 2.21. The molecule has 0 aliphatic rings. The van der Waals surface area contributed by atoms with Crippen LogP contribution < -0.4 is 9.47 Å². The van der Waals surface area contributed by atoms with Gasteiger partial charge in [-0.15, -0.1) is 0 Å². The van der Waals surface area contributed by atoms with Crippen LogP contribution in [0.3, 0.4) is 0 Å². The number of H-pyrrole nitrogens is 1. The number of nitrogens with one attached hydrogen (secondary N) is 1. The summed E-state index contributed by atoms with van der Waals surface area (Å²) in [7, 11) is 1.55. The third-order valence-electron chi connectivity index (χ3n) is 4.40. The number of fused-ring (bicyclic) bond motifs is 3. The fourth-order valence-electron chi connectivity index (χ4n) is 3.24. The van der Waals surface area contributed by atoms with E-state index in [1.807, 2.05) is 18.2 Å². The monoisotopic (exact) mass is 441 g/mol. The molecule has 160 valence electrons. The molecule has 0 aliphatic heterocycles. The molecule has 3 heterocycles. The van der Waals surface area contributed by atoms with Crippen LogP contribution in [0.4, 0.5) is 4.79 Å². The van der Waals surface area contributed by atoms with E-state index in [4.69, 9.17) is 30.5 Å². The topological polar surface area (TPSA) is 95.6 Å². The molecule has 3 aromatic heterocycles. The normalized spacial score (nSPS) is 11.3. The molecule has 0 amide bonds. The first-order valence-electron chi connectivity index (χ1n) is 9.55. The van der Waals surface area contributed by atoms with Gasteiger partial charge in [0.1, 0.15) is 5.75 Å². The zero-order valence-electron chi connectivity index (χ0n) is 17.1. The number of nitrogens with zero attached hydrogens (tertiary/aromatic N) is 2. The Balaban J connectivity index is 1.86. The van der Waals surface area contributed by atoms with Crippen molar-refractivity contribution in [2.45, 2.75) is 26.6 Å². The smallest absolute Gasteiger partial charge is 0.438 e. The van der Waals surface area contributed by atoms with Crippen molar-refractivity contribution in [1.82, 2.24) is 15.0 Å². The maximum atomic E-state index is 12.1. The van der Waals surface area contributed by atoms with Crippen LogP contribution in [0.1, 0.15) is 19.4 Å². The van der Waals surface area contributed by atoms with Crippen molar-refractivity contribution in [2.75, 3.05) is 7.11 Å². The fourth-order valence-corrected chi connectivity index (χ4v) is 3.35. The van der Waals surface area contributed by atoms with E-state index in [9.17, 15) is 4.79 Å². The average molecular weight is 442 g/mol. The van der Waals surface area contributed by atoms with E-state index in [0.29, 0.717) is 22.2 Å². The molecule has 0 fully saturated rings. The molecule has 9 heteroatoms. The standard InChI is InChI=1S/C22H20ClN3O5/c1-12(2)29-22(27)31-21-14(11-28-3)19-16(10-25-21)26-15-5-4-6-17(20(15)19)30-18-8-7-13(23)9-24-18/h4-10,12,26H,11H2,1-3H3. The maximum Gasteiger partial charge on any atom is 0.515 e. The zero-order chi connectivity index (χ0) is 22.0. The van der Waals surface area contributed by atoms with Gasteiger partial charge in [0, 0.05) is 24.8 Å². The summed E-state index contributed by atoms with van der Waals surface area (Å²) >= 11 is 5.92. The summed E-state index contributed by atoms with van der Waals surface area (Å²) in [6.45, 7) is 3.64. The molecule has 0 spiro atoms. The molecule has 0 saturated heterocycles. The van der Waals surface area contributed by atoms with Crippen molar-refractivity contribution >= 4 is 39.6 Å². The fraction of sp³-hybridized carbons (Fsp3) is 0.227. The first-order chi connectivity index (χ1) is 15.0. The SMILES string of the molecule is COCc1c(OC(=O)OC(C)C)ncc2[nH]c3cccc(Oc4ccc(Cl)cn4)c3c12. The van der Waals surface area contributed by atoms with Crippen molar-refractivity contribution in [2.24, 2.45) is 0 Å². The lowest BCUT2D eigenvalue weighted by atomic mass is 10.1. The van der Waals surface area contributed by atoms with Crippen LogP contribution in [-0.4, -0.2) is 34.3 Å². The number of aromatic nitrogens is 3. The lowest BCUT2D eigenvalue weighted by Gasteiger charge is -2.12. The molecule has 0 aliphatic carbocycles. The van der Waals surface area contributed by atoms with E-state index in [2.05, 4.69) is 15.0 Å². The van der Waals surface area contributed by atoms with Crippen LogP contribution in [-0.2, 0) is 16.1 Å². The number of ether oxygens (including phenoxy) is 4. The van der Waals surface area contributed by atoms with Crippen LogP contribution in [0.25, 0.3) is 21.8 Å². The molecule has 1 N–H and O–H groups in total. The summed E-state index contributed by atoms with van der Waals surface area (Å²) in [4.78, 5) is 23.9. The number of methoxy groups -OCH3 is 1. The predicted octanol–water partition coefficient (Wildman–Crippen LogP) is 5.63. The number of halogens is 1. The summed E-state index contributed by atoms with van der Waals surface area (Å²) in [5, 5.41) is 2.07. The van der Waals surface area contributed by atoms with Crippen molar-refractivity contribution in [3.05, 3.63) is 53.3 Å².